The van der Waals surface area contributed by atoms with Gasteiger partial charge >= 0.3 is 0 Å². The maximum atomic E-state index is 12.9. The van der Waals surface area contributed by atoms with Crippen molar-refractivity contribution in [1.29, 1.82) is 0 Å². The molecule has 1 aromatic carbocycles. The van der Waals surface area contributed by atoms with Crippen LogP contribution in [0.25, 0.3) is 11.1 Å². The average molecular weight is 394 g/mol. The van der Waals surface area contributed by atoms with E-state index >= 15 is 0 Å². The molecule has 3 rings (SSSR count). The molecule has 0 radical (unpaired) electrons. The van der Waals surface area contributed by atoms with Crippen molar-refractivity contribution in [3.63, 3.8) is 0 Å². The normalized spacial score (nSPS) is 11.6. The molecule has 0 saturated heterocycles. The molecule has 0 spiro atoms. The zero-order valence-corrected chi connectivity index (χ0v) is 15.5. The summed E-state index contributed by atoms with van der Waals surface area (Å²) >= 11 is 9.01. The third kappa shape index (κ3) is 4.72. The van der Waals surface area contributed by atoms with E-state index in [2.05, 4.69) is 15.5 Å². The summed E-state index contributed by atoms with van der Waals surface area (Å²) in [5.41, 5.74) is 0.797. The molecule has 1 N–H and O–H groups in total. The Labute approximate surface area is 157 Å². The minimum atomic E-state index is -0.343. The molecule has 2 aromatic heterocycles. The van der Waals surface area contributed by atoms with Crippen LogP contribution in [0.4, 0.5) is 4.39 Å². The van der Waals surface area contributed by atoms with Crippen molar-refractivity contribution in [2.24, 2.45) is 0 Å². The summed E-state index contributed by atoms with van der Waals surface area (Å²) < 4.78 is 12.9. The fourth-order valence-electron chi connectivity index (χ4n) is 1.99. The van der Waals surface area contributed by atoms with Crippen LogP contribution in [0.2, 0.25) is 0 Å². The van der Waals surface area contributed by atoms with Crippen LogP contribution in [0.3, 0.4) is 0 Å². The number of amides is 1. The number of aryl methyl sites for hydroxylation is 1. The van der Waals surface area contributed by atoms with Gasteiger partial charge in [-0.1, -0.05) is 35.1 Å². The topological polar surface area (TPSA) is 54.9 Å². The van der Waals surface area contributed by atoms with Gasteiger partial charge in [-0.25, -0.2) is 4.39 Å². The molecule has 4 nitrogen and oxygen atoms in total. The van der Waals surface area contributed by atoms with E-state index in [1.165, 1.54) is 17.0 Å². The van der Waals surface area contributed by atoms with Gasteiger partial charge in [0, 0.05) is 16.3 Å². The maximum absolute atomic E-state index is 12.9. The summed E-state index contributed by atoms with van der Waals surface area (Å²) in [6.07, 6.45) is 1.81. The Morgan fingerprint density at radius 2 is 1.88 bits per heavy atom. The molecule has 0 aliphatic rings. The Bertz CT molecular complexity index is 918. The number of benzene rings is 1. The molecule has 1 amide bonds. The molecule has 3 aromatic rings. The van der Waals surface area contributed by atoms with Crippen LogP contribution in [0.5, 0.6) is 0 Å². The van der Waals surface area contributed by atoms with Crippen molar-refractivity contribution in [2.75, 3.05) is 0 Å². The second kappa shape index (κ2) is 7.86. The Hall–Kier alpha value is -2.09. The van der Waals surface area contributed by atoms with Gasteiger partial charge in [0.15, 0.2) is 5.01 Å². The van der Waals surface area contributed by atoms with Crippen LogP contribution >= 0.6 is 34.3 Å². The van der Waals surface area contributed by atoms with Gasteiger partial charge in [0.05, 0.1) is 5.03 Å². The second-order valence-electron chi connectivity index (χ2n) is 5.16. The summed E-state index contributed by atoms with van der Waals surface area (Å²) in [6, 6.07) is 9.91. The first-order valence-electron chi connectivity index (χ1n) is 7.31. The molecular formula is C17H13ClFN3OS2. The van der Waals surface area contributed by atoms with Gasteiger partial charge in [-0.2, -0.15) is 0 Å². The van der Waals surface area contributed by atoms with Gasteiger partial charge in [0.2, 0.25) is 5.01 Å². The summed E-state index contributed by atoms with van der Waals surface area (Å²) in [4.78, 5) is 14.3. The summed E-state index contributed by atoms with van der Waals surface area (Å²) in [5, 5.41) is 11.7. The monoisotopic (exact) mass is 393 g/mol. The minimum Gasteiger partial charge on any atom is -0.346 e. The van der Waals surface area contributed by atoms with Crippen molar-refractivity contribution >= 4 is 51.3 Å². The van der Waals surface area contributed by atoms with Gasteiger partial charge in [-0.05, 0) is 42.8 Å². The molecule has 128 valence electrons. The van der Waals surface area contributed by atoms with Crippen molar-refractivity contribution < 1.29 is 9.18 Å². The van der Waals surface area contributed by atoms with Crippen molar-refractivity contribution in [1.82, 2.24) is 15.5 Å². The first kappa shape index (κ1) is 17.7. The van der Waals surface area contributed by atoms with Gasteiger partial charge in [-0.3, -0.25) is 4.79 Å². The molecule has 0 fully saturated rings. The van der Waals surface area contributed by atoms with Gasteiger partial charge in [0.1, 0.15) is 5.82 Å². The molecule has 2 heterocycles. The number of nitrogens with one attached hydrogen (secondary N) is 1. The number of nitrogens with zero attached hydrogens (tertiary/aromatic N) is 2. The fourth-order valence-corrected chi connectivity index (χ4v) is 3.81. The Kier molecular flexibility index (Phi) is 5.57. The molecule has 0 aliphatic heterocycles. The number of carbonyl (C=O) groups excluding carboxylic acids is 1. The molecule has 8 heteroatoms. The number of thiophene rings is 1. The molecule has 0 saturated carbocycles. The lowest BCUT2D eigenvalue weighted by Crippen LogP contribution is -2.22. The molecular weight excluding hydrogens is 381 g/mol. The number of aromatic nitrogens is 2. The Morgan fingerprint density at radius 1 is 1.16 bits per heavy atom. The van der Waals surface area contributed by atoms with E-state index in [0.717, 1.165) is 21.8 Å². The lowest BCUT2D eigenvalue weighted by molar-refractivity contribution is 0.0950. The third-order valence-electron chi connectivity index (χ3n) is 3.22. The maximum Gasteiger partial charge on any atom is 0.282 e. The first-order valence-corrected chi connectivity index (χ1v) is 9.32. The highest BCUT2D eigenvalue weighted by atomic mass is 35.5. The van der Waals surface area contributed by atoms with E-state index in [0.29, 0.717) is 10.0 Å². The molecule has 0 atom stereocenters. The Morgan fingerprint density at radius 3 is 2.56 bits per heavy atom. The lowest BCUT2D eigenvalue weighted by Gasteiger charge is -2.02. The van der Waals surface area contributed by atoms with Crippen LogP contribution in [0.15, 0.2) is 36.4 Å². The van der Waals surface area contributed by atoms with Crippen LogP contribution in [-0.4, -0.2) is 16.1 Å². The quantitative estimate of drug-likeness (QED) is 0.682. The number of rotatable bonds is 5. The number of carbonyl (C=O) groups is 1. The molecule has 0 unspecified atom stereocenters. The highest BCUT2D eigenvalue weighted by Crippen LogP contribution is 2.27. The van der Waals surface area contributed by atoms with Crippen molar-refractivity contribution in [3.8, 4) is 0 Å². The number of hydrogen-bond acceptors (Lipinski definition) is 5. The zero-order valence-electron chi connectivity index (χ0n) is 13.1. The second-order valence-corrected chi connectivity index (χ2v) is 7.87. The highest BCUT2D eigenvalue weighted by molar-refractivity contribution is 7.15. The smallest absolute Gasteiger partial charge is 0.282 e. The van der Waals surface area contributed by atoms with Crippen molar-refractivity contribution in [3.05, 3.63) is 67.5 Å². The van der Waals surface area contributed by atoms with Crippen LogP contribution in [-0.2, 0) is 6.54 Å². The van der Waals surface area contributed by atoms with Crippen LogP contribution in [0, 0.1) is 12.7 Å². The van der Waals surface area contributed by atoms with E-state index in [1.807, 2.05) is 19.1 Å². The van der Waals surface area contributed by atoms with Crippen LogP contribution < -0.4 is 5.32 Å². The lowest BCUT2D eigenvalue weighted by atomic mass is 10.2. The van der Waals surface area contributed by atoms with Gasteiger partial charge < -0.3 is 5.32 Å². The molecule has 25 heavy (non-hydrogen) atoms. The predicted octanol–water partition coefficient (Wildman–Crippen LogP) is 4.71. The van der Waals surface area contributed by atoms with Crippen molar-refractivity contribution in [2.45, 2.75) is 13.5 Å². The molecule has 0 bridgehead atoms. The van der Waals surface area contributed by atoms with E-state index < -0.39 is 0 Å². The number of hydrogen-bond donors (Lipinski definition) is 1. The fraction of sp³-hybridized carbons (Fsp3) is 0.118. The third-order valence-corrected chi connectivity index (χ3v) is 5.52. The first-order chi connectivity index (χ1) is 12.0. The van der Waals surface area contributed by atoms with E-state index in [9.17, 15) is 9.18 Å². The molecule has 0 aliphatic carbocycles. The zero-order chi connectivity index (χ0) is 17.8. The summed E-state index contributed by atoms with van der Waals surface area (Å²) in [5.74, 6) is -0.657. The standard InChI is InChI=1S/C17H13ClFN3OS2/c1-10-2-7-13(24-10)8-14(18)16-21-22-17(25-16)15(23)20-9-11-3-5-12(19)6-4-11/h2-8H,9H2,1H3,(H,20,23)/b14-8-. The predicted molar refractivity (Wildman–Crippen MR) is 100 cm³/mol. The number of halogens is 2. The largest absolute Gasteiger partial charge is 0.346 e. The minimum absolute atomic E-state index is 0.228. The van der Waals surface area contributed by atoms with Gasteiger partial charge in [0.25, 0.3) is 5.91 Å². The van der Waals surface area contributed by atoms with E-state index in [-0.39, 0.29) is 23.3 Å². The van der Waals surface area contributed by atoms with Gasteiger partial charge in [-0.15, -0.1) is 21.5 Å². The summed E-state index contributed by atoms with van der Waals surface area (Å²) in [7, 11) is 0. The van der Waals surface area contributed by atoms with E-state index in [4.69, 9.17) is 11.6 Å². The highest BCUT2D eigenvalue weighted by Gasteiger charge is 2.14. The van der Waals surface area contributed by atoms with E-state index in [1.54, 1.807) is 29.5 Å². The summed E-state index contributed by atoms with van der Waals surface area (Å²) in [6.45, 7) is 2.30. The SMILES string of the molecule is Cc1ccc(/C=C(\Cl)c2nnc(C(=O)NCc3ccc(F)cc3)s2)s1. The Balaban J connectivity index is 1.64. The average Bonchev–Trinajstić information content (AvgIpc) is 3.23. The van der Waals surface area contributed by atoms with Crippen LogP contribution in [0.1, 0.15) is 30.1 Å².